The molecule has 1 aliphatic rings. The third kappa shape index (κ3) is 7.86. The van der Waals surface area contributed by atoms with Crippen LogP contribution in [-0.4, -0.2) is 32.1 Å². The van der Waals surface area contributed by atoms with E-state index in [1.54, 1.807) is 0 Å². The predicted octanol–water partition coefficient (Wildman–Crippen LogP) is 2.68. The fourth-order valence-corrected chi connectivity index (χ4v) is 3.15. The number of hydrazine groups is 1. The first-order chi connectivity index (χ1) is 12.2. The number of anilines is 1. The van der Waals surface area contributed by atoms with Gasteiger partial charge < -0.3 is 10.2 Å². The van der Waals surface area contributed by atoms with Crippen molar-refractivity contribution in [1.29, 1.82) is 0 Å². The average Bonchev–Trinajstić information content (AvgIpc) is 2.68. The van der Waals surface area contributed by atoms with Gasteiger partial charge in [-0.2, -0.15) is 0 Å². The standard InChI is InChI=1S/C20H26N4O.3ClH/c21-23-20(25)15-18-5-3-16(4-6-18)1-2-17-7-9-19(10-8-17)24-13-11-22-12-14-24;;;/h3-10,22H,1-2,11-15,21H2,(H,23,25);3*1H. The Morgan fingerprint density at radius 3 is 1.82 bits per heavy atom. The molecule has 0 spiro atoms. The number of amides is 1. The summed E-state index contributed by atoms with van der Waals surface area (Å²) in [5.74, 6) is 4.95. The number of hydrogen-bond donors (Lipinski definition) is 3. The highest BCUT2D eigenvalue weighted by atomic mass is 35.5. The Labute approximate surface area is 185 Å². The van der Waals surface area contributed by atoms with Gasteiger partial charge in [0, 0.05) is 31.9 Å². The van der Waals surface area contributed by atoms with Gasteiger partial charge in [0.25, 0.3) is 0 Å². The van der Waals surface area contributed by atoms with Crippen LogP contribution in [0.3, 0.4) is 0 Å². The predicted molar refractivity (Wildman–Crippen MR) is 123 cm³/mol. The first-order valence-electron chi connectivity index (χ1n) is 8.86. The van der Waals surface area contributed by atoms with Crippen LogP contribution >= 0.6 is 37.2 Å². The van der Waals surface area contributed by atoms with E-state index in [2.05, 4.69) is 52.0 Å². The lowest BCUT2D eigenvalue weighted by molar-refractivity contribution is -0.120. The average molecular weight is 448 g/mol. The van der Waals surface area contributed by atoms with Gasteiger partial charge in [-0.05, 0) is 41.7 Å². The smallest absolute Gasteiger partial charge is 0.238 e. The molecule has 0 radical (unpaired) electrons. The highest BCUT2D eigenvalue weighted by molar-refractivity contribution is 5.86. The number of piperazine rings is 1. The number of halogens is 3. The summed E-state index contributed by atoms with van der Waals surface area (Å²) in [6.07, 6.45) is 2.34. The van der Waals surface area contributed by atoms with Crippen LogP contribution in [0.25, 0.3) is 0 Å². The van der Waals surface area contributed by atoms with Crippen molar-refractivity contribution < 1.29 is 4.79 Å². The Bertz CT molecular complexity index is 690. The van der Waals surface area contributed by atoms with Crippen LogP contribution in [0, 0.1) is 0 Å². The number of carbonyl (C=O) groups is 1. The van der Waals surface area contributed by atoms with Crippen LogP contribution < -0.4 is 21.5 Å². The molecule has 156 valence electrons. The molecule has 0 aromatic heterocycles. The van der Waals surface area contributed by atoms with Gasteiger partial charge in [-0.25, -0.2) is 5.84 Å². The zero-order chi connectivity index (χ0) is 17.5. The lowest BCUT2D eigenvalue weighted by atomic mass is 10.0. The van der Waals surface area contributed by atoms with Crippen molar-refractivity contribution in [2.45, 2.75) is 19.3 Å². The lowest BCUT2D eigenvalue weighted by Crippen LogP contribution is -2.43. The van der Waals surface area contributed by atoms with Crippen LogP contribution in [0.1, 0.15) is 16.7 Å². The molecule has 1 aliphatic heterocycles. The van der Waals surface area contributed by atoms with Crippen molar-refractivity contribution in [3.63, 3.8) is 0 Å². The number of benzene rings is 2. The van der Waals surface area contributed by atoms with Gasteiger partial charge in [0.15, 0.2) is 0 Å². The minimum atomic E-state index is -0.169. The number of hydrogen-bond acceptors (Lipinski definition) is 4. The normalized spacial score (nSPS) is 12.8. The topological polar surface area (TPSA) is 70.4 Å². The fourth-order valence-electron chi connectivity index (χ4n) is 3.15. The molecule has 0 atom stereocenters. The van der Waals surface area contributed by atoms with Gasteiger partial charge in [0.2, 0.25) is 5.91 Å². The van der Waals surface area contributed by atoms with Crippen LogP contribution in [0.15, 0.2) is 48.5 Å². The SMILES string of the molecule is Cl.Cl.Cl.NNC(=O)Cc1ccc(CCc2ccc(N3CCNCC3)cc2)cc1. The zero-order valence-electron chi connectivity index (χ0n) is 15.7. The van der Waals surface area contributed by atoms with E-state index in [-0.39, 0.29) is 43.1 Å². The molecule has 4 N–H and O–H groups in total. The van der Waals surface area contributed by atoms with E-state index in [4.69, 9.17) is 5.84 Å². The molecule has 1 amide bonds. The largest absolute Gasteiger partial charge is 0.369 e. The molecule has 5 nitrogen and oxygen atoms in total. The number of nitrogens with zero attached hydrogens (tertiary/aromatic N) is 1. The molecule has 2 aromatic rings. The van der Waals surface area contributed by atoms with E-state index in [0.717, 1.165) is 44.6 Å². The Balaban J connectivity index is 0.00000243. The second kappa shape index (κ2) is 13.6. The molecule has 1 heterocycles. The summed E-state index contributed by atoms with van der Waals surface area (Å²) in [5.41, 5.74) is 7.08. The summed E-state index contributed by atoms with van der Waals surface area (Å²) in [7, 11) is 0. The van der Waals surface area contributed by atoms with Crippen molar-refractivity contribution in [3.8, 4) is 0 Å². The van der Waals surface area contributed by atoms with Gasteiger partial charge in [0.1, 0.15) is 0 Å². The van der Waals surface area contributed by atoms with Crippen molar-refractivity contribution in [3.05, 3.63) is 65.2 Å². The summed E-state index contributed by atoms with van der Waals surface area (Å²) in [4.78, 5) is 13.7. The molecule has 0 aliphatic carbocycles. The van der Waals surface area contributed by atoms with E-state index in [9.17, 15) is 4.79 Å². The number of aryl methyl sites for hydroxylation is 2. The summed E-state index contributed by atoms with van der Waals surface area (Å²) in [6, 6.07) is 17.1. The molecular weight excluding hydrogens is 419 g/mol. The van der Waals surface area contributed by atoms with E-state index in [1.807, 2.05) is 12.1 Å². The number of nitrogens with two attached hydrogens (primary N) is 1. The molecule has 2 aromatic carbocycles. The molecule has 3 rings (SSSR count). The maximum atomic E-state index is 11.3. The minimum Gasteiger partial charge on any atom is -0.369 e. The highest BCUT2D eigenvalue weighted by Crippen LogP contribution is 2.17. The summed E-state index contributed by atoms with van der Waals surface area (Å²) >= 11 is 0. The van der Waals surface area contributed by atoms with Gasteiger partial charge in [-0.15, -0.1) is 37.2 Å². The second-order valence-electron chi connectivity index (χ2n) is 6.46. The molecule has 0 saturated carbocycles. The molecule has 1 fully saturated rings. The monoisotopic (exact) mass is 446 g/mol. The van der Waals surface area contributed by atoms with E-state index >= 15 is 0 Å². The molecule has 8 heteroatoms. The molecule has 1 saturated heterocycles. The molecule has 0 unspecified atom stereocenters. The van der Waals surface area contributed by atoms with E-state index in [0.29, 0.717) is 6.42 Å². The third-order valence-electron chi connectivity index (χ3n) is 4.67. The Morgan fingerprint density at radius 1 is 0.857 bits per heavy atom. The Morgan fingerprint density at radius 2 is 1.32 bits per heavy atom. The van der Waals surface area contributed by atoms with Crippen molar-refractivity contribution in [2.75, 3.05) is 31.1 Å². The maximum absolute atomic E-state index is 11.3. The summed E-state index contributed by atoms with van der Waals surface area (Å²) in [5, 5.41) is 3.38. The Kier molecular flexibility index (Phi) is 12.9. The highest BCUT2D eigenvalue weighted by Gasteiger charge is 2.09. The van der Waals surface area contributed by atoms with Crippen LogP contribution in [-0.2, 0) is 24.1 Å². The number of nitrogens with one attached hydrogen (secondary N) is 2. The Hall–Kier alpha value is -1.50. The molecule has 28 heavy (non-hydrogen) atoms. The van der Waals surface area contributed by atoms with Crippen LogP contribution in [0.5, 0.6) is 0 Å². The van der Waals surface area contributed by atoms with Crippen LogP contribution in [0.4, 0.5) is 5.69 Å². The van der Waals surface area contributed by atoms with E-state index < -0.39 is 0 Å². The fraction of sp³-hybridized carbons (Fsp3) is 0.350. The van der Waals surface area contributed by atoms with Gasteiger partial charge in [-0.3, -0.25) is 10.2 Å². The summed E-state index contributed by atoms with van der Waals surface area (Å²) < 4.78 is 0. The van der Waals surface area contributed by atoms with Gasteiger partial charge >= 0.3 is 0 Å². The second-order valence-corrected chi connectivity index (χ2v) is 6.46. The quantitative estimate of drug-likeness (QED) is 0.362. The first kappa shape index (κ1) is 26.5. The van der Waals surface area contributed by atoms with Gasteiger partial charge in [0.05, 0.1) is 6.42 Å². The third-order valence-corrected chi connectivity index (χ3v) is 4.67. The van der Waals surface area contributed by atoms with Crippen LogP contribution in [0.2, 0.25) is 0 Å². The van der Waals surface area contributed by atoms with Crippen molar-refractivity contribution in [2.24, 2.45) is 5.84 Å². The zero-order valence-corrected chi connectivity index (χ0v) is 18.2. The van der Waals surface area contributed by atoms with Crippen molar-refractivity contribution in [1.82, 2.24) is 10.7 Å². The molecule has 0 bridgehead atoms. The van der Waals surface area contributed by atoms with E-state index in [1.165, 1.54) is 16.8 Å². The van der Waals surface area contributed by atoms with Crippen molar-refractivity contribution >= 4 is 48.8 Å². The van der Waals surface area contributed by atoms with Gasteiger partial charge in [-0.1, -0.05) is 36.4 Å². The number of carbonyl (C=O) groups excluding carboxylic acids is 1. The number of rotatable bonds is 6. The minimum absolute atomic E-state index is 0. The molecular formula is C20H29Cl3N4O. The summed E-state index contributed by atoms with van der Waals surface area (Å²) in [6.45, 7) is 4.27. The maximum Gasteiger partial charge on any atom is 0.238 e. The lowest BCUT2D eigenvalue weighted by Gasteiger charge is -2.29. The first-order valence-corrected chi connectivity index (χ1v) is 8.86.